The van der Waals surface area contributed by atoms with E-state index in [-0.39, 0.29) is 0 Å². The molecular formula is C13H28N2O. The van der Waals surface area contributed by atoms with Crippen molar-refractivity contribution in [3.63, 3.8) is 0 Å². The summed E-state index contributed by atoms with van der Waals surface area (Å²) < 4.78 is 0. The second-order valence-electron chi connectivity index (χ2n) is 5.98. The van der Waals surface area contributed by atoms with Crippen LogP contribution in [-0.4, -0.2) is 41.3 Å². The molecule has 3 nitrogen and oxygen atoms in total. The first-order valence-corrected chi connectivity index (χ1v) is 6.53. The molecule has 0 amide bonds. The van der Waals surface area contributed by atoms with E-state index in [0.29, 0.717) is 17.9 Å². The van der Waals surface area contributed by atoms with Gasteiger partial charge in [0.15, 0.2) is 0 Å². The lowest BCUT2D eigenvalue weighted by atomic mass is 9.88. The fourth-order valence-electron chi connectivity index (χ4n) is 2.27. The van der Waals surface area contributed by atoms with Crippen LogP contribution in [0.25, 0.3) is 0 Å². The Morgan fingerprint density at radius 2 is 1.81 bits per heavy atom. The van der Waals surface area contributed by atoms with Crippen LogP contribution in [0.5, 0.6) is 0 Å². The van der Waals surface area contributed by atoms with Gasteiger partial charge in [-0.15, -0.1) is 0 Å². The normalized spacial score (nSPS) is 25.7. The predicted octanol–water partition coefficient (Wildman–Crippen LogP) is 1.45. The average molecular weight is 228 g/mol. The second-order valence-corrected chi connectivity index (χ2v) is 5.98. The van der Waals surface area contributed by atoms with E-state index in [4.69, 9.17) is 5.73 Å². The van der Waals surface area contributed by atoms with E-state index in [1.807, 2.05) is 6.92 Å². The van der Waals surface area contributed by atoms with Crippen LogP contribution in [0.3, 0.4) is 0 Å². The summed E-state index contributed by atoms with van der Waals surface area (Å²) in [5.41, 5.74) is 5.35. The Labute approximate surface area is 100 Å². The van der Waals surface area contributed by atoms with Gasteiger partial charge in [-0.1, -0.05) is 13.8 Å². The van der Waals surface area contributed by atoms with Crippen molar-refractivity contribution in [3.8, 4) is 0 Å². The summed E-state index contributed by atoms with van der Waals surface area (Å²) in [7, 11) is 0. The summed E-state index contributed by atoms with van der Waals surface area (Å²) in [6, 6.07) is 0.313. The zero-order valence-corrected chi connectivity index (χ0v) is 11.2. The van der Waals surface area contributed by atoms with Gasteiger partial charge < -0.3 is 15.7 Å². The zero-order chi connectivity index (χ0) is 12.3. The van der Waals surface area contributed by atoms with Crippen molar-refractivity contribution >= 4 is 0 Å². The first-order chi connectivity index (χ1) is 7.33. The van der Waals surface area contributed by atoms with Crippen LogP contribution < -0.4 is 5.73 Å². The molecule has 1 aliphatic heterocycles. The number of nitrogens with zero attached hydrogens (tertiary/aromatic N) is 1. The highest BCUT2D eigenvalue weighted by atomic mass is 16.3. The average Bonchev–Trinajstić information content (AvgIpc) is 2.17. The Hall–Kier alpha value is -0.120. The Morgan fingerprint density at radius 1 is 1.31 bits per heavy atom. The van der Waals surface area contributed by atoms with E-state index >= 15 is 0 Å². The van der Waals surface area contributed by atoms with Gasteiger partial charge in [-0.2, -0.15) is 0 Å². The molecule has 0 bridgehead atoms. The van der Waals surface area contributed by atoms with Gasteiger partial charge in [0.2, 0.25) is 0 Å². The molecule has 1 fully saturated rings. The molecule has 1 rings (SSSR count). The lowest BCUT2D eigenvalue weighted by molar-refractivity contribution is -0.0264. The monoisotopic (exact) mass is 228 g/mol. The molecule has 0 aliphatic carbocycles. The van der Waals surface area contributed by atoms with Gasteiger partial charge in [-0.3, -0.25) is 0 Å². The molecule has 1 aliphatic rings. The fourth-order valence-corrected chi connectivity index (χ4v) is 2.27. The highest BCUT2D eigenvalue weighted by Gasteiger charge is 2.30. The van der Waals surface area contributed by atoms with Gasteiger partial charge in [0.1, 0.15) is 0 Å². The Balaban J connectivity index is 2.37. The molecule has 3 heteroatoms. The van der Waals surface area contributed by atoms with E-state index in [9.17, 15) is 5.11 Å². The third-order valence-corrected chi connectivity index (χ3v) is 4.16. The minimum absolute atomic E-state index is 0.304. The molecule has 16 heavy (non-hydrogen) atoms. The van der Waals surface area contributed by atoms with E-state index in [1.54, 1.807) is 0 Å². The van der Waals surface area contributed by atoms with Crippen molar-refractivity contribution in [3.05, 3.63) is 0 Å². The first-order valence-electron chi connectivity index (χ1n) is 6.53. The van der Waals surface area contributed by atoms with E-state index in [0.717, 1.165) is 19.6 Å². The van der Waals surface area contributed by atoms with Crippen molar-refractivity contribution in [1.29, 1.82) is 0 Å². The largest absolute Gasteiger partial charge is 0.389 e. The van der Waals surface area contributed by atoms with Gasteiger partial charge >= 0.3 is 0 Å². The minimum atomic E-state index is -0.568. The molecule has 0 radical (unpaired) electrons. The lowest BCUT2D eigenvalue weighted by Gasteiger charge is -2.39. The molecular weight excluding hydrogens is 200 g/mol. The molecule has 2 unspecified atom stereocenters. The van der Waals surface area contributed by atoms with Crippen LogP contribution in [0.1, 0.15) is 40.5 Å². The van der Waals surface area contributed by atoms with E-state index in [2.05, 4.69) is 25.7 Å². The standard InChI is InChI=1S/C13H28N2O/c1-10(2)13(4,16)9-15-7-5-12(6-8-15)11(3)14/h10-12,16H,5-9,14H2,1-4H3. The van der Waals surface area contributed by atoms with Gasteiger partial charge in [-0.25, -0.2) is 0 Å². The maximum absolute atomic E-state index is 10.3. The summed E-state index contributed by atoms with van der Waals surface area (Å²) >= 11 is 0. The SMILES string of the molecule is CC(N)C1CCN(CC(C)(O)C(C)C)CC1. The minimum Gasteiger partial charge on any atom is -0.389 e. The second kappa shape index (κ2) is 5.48. The summed E-state index contributed by atoms with van der Waals surface area (Å²) in [5, 5.41) is 10.3. The molecule has 0 aromatic heterocycles. The maximum Gasteiger partial charge on any atom is 0.0768 e. The van der Waals surface area contributed by atoms with Crippen molar-refractivity contribution in [2.45, 2.75) is 52.2 Å². The number of aliphatic hydroxyl groups is 1. The Morgan fingerprint density at radius 3 is 2.19 bits per heavy atom. The number of hydrogen-bond acceptors (Lipinski definition) is 3. The van der Waals surface area contributed by atoms with Crippen molar-refractivity contribution in [1.82, 2.24) is 4.90 Å². The number of rotatable bonds is 4. The third-order valence-electron chi connectivity index (χ3n) is 4.16. The first kappa shape index (κ1) is 13.9. The summed E-state index contributed by atoms with van der Waals surface area (Å²) in [5.74, 6) is 0.971. The smallest absolute Gasteiger partial charge is 0.0768 e. The maximum atomic E-state index is 10.3. The van der Waals surface area contributed by atoms with Crippen LogP contribution in [0, 0.1) is 11.8 Å². The van der Waals surface area contributed by atoms with Crippen molar-refractivity contribution in [2.75, 3.05) is 19.6 Å². The lowest BCUT2D eigenvalue weighted by Crippen LogP contribution is -2.48. The number of piperidine rings is 1. The molecule has 1 heterocycles. The molecule has 0 saturated carbocycles. The topological polar surface area (TPSA) is 49.5 Å². The predicted molar refractivity (Wildman–Crippen MR) is 68.3 cm³/mol. The van der Waals surface area contributed by atoms with Crippen LogP contribution in [0.15, 0.2) is 0 Å². The van der Waals surface area contributed by atoms with Gasteiger partial charge in [0.25, 0.3) is 0 Å². The van der Waals surface area contributed by atoms with Gasteiger partial charge in [-0.05, 0) is 51.6 Å². The Bertz CT molecular complexity index is 206. The summed E-state index contributed by atoms with van der Waals surface area (Å²) in [4.78, 5) is 2.37. The molecule has 1 saturated heterocycles. The van der Waals surface area contributed by atoms with E-state index < -0.39 is 5.60 Å². The summed E-state index contributed by atoms with van der Waals surface area (Å²) in [6.07, 6.45) is 2.34. The van der Waals surface area contributed by atoms with Gasteiger partial charge in [0, 0.05) is 12.6 Å². The van der Waals surface area contributed by atoms with E-state index in [1.165, 1.54) is 12.8 Å². The molecule has 3 N–H and O–H groups in total. The third kappa shape index (κ3) is 3.72. The van der Waals surface area contributed by atoms with Gasteiger partial charge in [0.05, 0.1) is 5.60 Å². The van der Waals surface area contributed by atoms with Crippen molar-refractivity contribution in [2.24, 2.45) is 17.6 Å². The number of likely N-dealkylation sites (tertiary alicyclic amines) is 1. The molecule has 0 aromatic rings. The number of β-amino-alcohol motifs (C(OH)–C–C–N with tert-alkyl or cyclic N) is 1. The fraction of sp³-hybridized carbons (Fsp3) is 1.00. The molecule has 96 valence electrons. The highest BCUT2D eigenvalue weighted by molar-refractivity contribution is 4.84. The zero-order valence-electron chi connectivity index (χ0n) is 11.2. The quantitative estimate of drug-likeness (QED) is 0.766. The van der Waals surface area contributed by atoms with Crippen molar-refractivity contribution < 1.29 is 5.11 Å². The van der Waals surface area contributed by atoms with Crippen LogP contribution in [0.2, 0.25) is 0 Å². The molecule has 2 atom stereocenters. The molecule has 0 aromatic carbocycles. The Kier molecular flexibility index (Phi) is 4.77. The highest BCUT2D eigenvalue weighted by Crippen LogP contribution is 2.23. The summed E-state index contributed by atoms with van der Waals surface area (Å²) in [6.45, 7) is 11.1. The number of hydrogen-bond donors (Lipinski definition) is 2. The number of nitrogens with two attached hydrogens (primary N) is 1. The van der Waals surface area contributed by atoms with Crippen LogP contribution in [0.4, 0.5) is 0 Å². The van der Waals surface area contributed by atoms with Crippen LogP contribution >= 0.6 is 0 Å². The van der Waals surface area contributed by atoms with Crippen LogP contribution in [-0.2, 0) is 0 Å². The molecule has 0 spiro atoms.